The van der Waals surface area contributed by atoms with E-state index >= 15 is 0 Å². The topological polar surface area (TPSA) is 23.5 Å². The fourth-order valence-corrected chi connectivity index (χ4v) is 2.96. The fraction of sp³-hybridized carbons (Fsp3) is 0.467. The van der Waals surface area contributed by atoms with Gasteiger partial charge >= 0.3 is 0 Å². The lowest BCUT2D eigenvalue weighted by atomic mass is 9.90. The summed E-state index contributed by atoms with van der Waals surface area (Å²) < 4.78 is 0. The standard InChI is InChI=1S/C15H19NO/c17-15-13-7-3-2-6-12(13)8-9-14(15)16-10-4-1-5-11-16/h2-3,6-9,14-15,17H,1,4-5,10-11H2/t14?,15-/m1/s1. The second-order valence-corrected chi connectivity index (χ2v) is 5.02. The molecule has 2 heteroatoms. The third-order valence-electron chi connectivity index (χ3n) is 3.92. The SMILES string of the molecule is O[C@@H]1c2ccccc2C=CC1N1CCCCC1. The lowest BCUT2D eigenvalue weighted by molar-refractivity contribution is 0.0608. The highest BCUT2D eigenvalue weighted by molar-refractivity contribution is 5.58. The molecular weight excluding hydrogens is 210 g/mol. The van der Waals surface area contributed by atoms with Gasteiger partial charge in [-0.15, -0.1) is 0 Å². The molecule has 1 N–H and O–H groups in total. The van der Waals surface area contributed by atoms with Gasteiger partial charge in [0.25, 0.3) is 0 Å². The Balaban J connectivity index is 1.85. The van der Waals surface area contributed by atoms with Crippen LogP contribution in [-0.2, 0) is 0 Å². The Morgan fingerprint density at radius 3 is 2.65 bits per heavy atom. The van der Waals surface area contributed by atoms with Crippen LogP contribution in [0.3, 0.4) is 0 Å². The summed E-state index contributed by atoms with van der Waals surface area (Å²) in [6.07, 6.45) is 7.81. The predicted molar refractivity (Wildman–Crippen MR) is 69.6 cm³/mol. The Labute approximate surface area is 103 Å². The van der Waals surface area contributed by atoms with Crippen LogP contribution in [0.2, 0.25) is 0 Å². The third-order valence-corrected chi connectivity index (χ3v) is 3.92. The minimum absolute atomic E-state index is 0.171. The zero-order valence-electron chi connectivity index (χ0n) is 10.0. The van der Waals surface area contributed by atoms with Crippen LogP contribution in [-0.4, -0.2) is 29.1 Å². The molecule has 1 aliphatic carbocycles. The second kappa shape index (κ2) is 4.63. The molecule has 0 aromatic heterocycles. The summed E-state index contributed by atoms with van der Waals surface area (Å²) >= 11 is 0. The van der Waals surface area contributed by atoms with Crippen LogP contribution in [0.4, 0.5) is 0 Å². The number of hydrogen-bond donors (Lipinski definition) is 1. The van der Waals surface area contributed by atoms with Crippen LogP contribution in [0.25, 0.3) is 6.08 Å². The molecule has 2 aliphatic rings. The van der Waals surface area contributed by atoms with Gasteiger partial charge in [-0.05, 0) is 37.1 Å². The number of rotatable bonds is 1. The minimum atomic E-state index is -0.366. The quantitative estimate of drug-likeness (QED) is 0.800. The molecule has 90 valence electrons. The molecule has 0 bridgehead atoms. The number of aliphatic hydroxyl groups is 1. The maximum absolute atomic E-state index is 10.5. The van der Waals surface area contributed by atoms with Crippen molar-refractivity contribution in [3.63, 3.8) is 0 Å². The molecule has 0 amide bonds. The highest BCUT2D eigenvalue weighted by Gasteiger charge is 2.29. The van der Waals surface area contributed by atoms with Gasteiger partial charge in [0, 0.05) is 0 Å². The van der Waals surface area contributed by atoms with E-state index in [1.807, 2.05) is 18.2 Å². The molecule has 1 aromatic rings. The number of benzene rings is 1. The van der Waals surface area contributed by atoms with Gasteiger partial charge in [-0.25, -0.2) is 0 Å². The van der Waals surface area contributed by atoms with Gasteiger partial charge in [0.1, 0.15) is 0 Å². The van der Waals surface area contributed by atoms with Crippen molar-refractivity contribution < 1.29 is 5.11 Å². The fourth-order valence-electron chi connectivity index (χ4n) is 2.96. The molecule has 0 radical (unpaired) electrons. The lowest BCUT2D eigenvalue weighted by Gasteiger charge is -2.37. The maximum atomic E-state index is 10.5. The number of aliphatic hydroxyl groups excluding tert-OH is 1. The molecule has 1 aliphatic heterocycles. The number of piperidine rings is 1. The van der Waals surface area contributed by atoms with Crippen molar-refractivity contribution in [3.05, 3.63) is 41.5 Å². The van der Waals surface area contributed by atoms with Crippen LogP contribution < -0.4 is 0 Å². The van der Waals surface area contributed by atoms with Crippen LogP contribution in [0.1, 0.15) is 36.5 Å². The molecule has 17 heavy (non-hydrogen) atoms. The van der Waals surface area contributed by atoms with Crippen LogP contribution in [0.15, 0.2) is 30.3 Å². The first-order chi connectivity index (χ1) is 8.36. The van der Waals surface area contributed by atoms with Crippen molar-refractivity contribution in [3.8, 4) is 0 Å². The van der Waals surface area contributed by atoms with Crippen LogP contribution >= 0.6 is 0 Å². The summed E-state index contributed by atoms with van der Waals surface area (Å²) in [5, 5.41) is 10.5. The van der Waals surface area contributed by atoms with Gasteiger partial charge in [-0.1, -0.05) is 42.8 Å². The van der Waals surface area contributed by atoms with Gasteiger partial charge < -0.3 is 5.11 Å². The molecule has 1 saturated heterocycles. The van der Waals surface area contributed by atoms with E-state index in [4.69, 9.17) is 0 Å². The molecule has 3 rings (SSSR count). The van der Waals surface area contributed by atoms with E-state index in [1.54, 1.807) is 0 Å². The predicted octanol–water partition coefficient (Wildman–Crippen LogP) is 2.60. The van der Waals surface area contributed by atoms with Crippen LogP contribution in [0.5, 0.6) is 0 Å². The van der Waals surface area contributed by atoms with E-state index in [-0.39, 0.29) is 12.1 Å². The van der Waals surface area contributed by atoms with Crippen molar-refractivity contribution in [1.82, 2.24) is 4.90 Å². The van der Waals surface area contributed by atoms with E-state index in [2.05, 4.69) is 23.1 Å². The van der Waals surface area contributed by atoms with E-state index in [9.17, 15) is 5.11 Å². The maximum Gasteiger partial charge on any atom is 0.0986 e. The highest BCUT2D eigenvalue weighted by Crippen LogP contribution is 2.31. The van der Waals surface area contributed by atoms with E-state index < -0.39 is 0 Å². The van der Waals surface area contributed by atoms with Gasteiger partial charge in [0.15, 0.2) is 0 Å². The zero-order chi connectivity index (χ0) is 11.7. The van der Waals surface area contributed by atoms with Gasteiger partial charge in [-0.2, -0.15) is 0 Å². The van der Waals surface area contributed by atoms with Crippen molar-refractivity contribution in [2.75, 3.05) is 13.1 Å². The van der Waals surface area contributed by atoms with E-state index in [0.29, 0.717) is 0 Å². The average molecular weight is 229 g/mol. The summed E-state index contributed by atoms with van der Waals surface area (Å²) in [5.74, 6) is 0. The largest absolute Gasteiger partial charge is 0.386 e. The van der Waals surface area contributed by atoms with E-state index in [1.165, 1.54) is 19.3 Å². The highest BCUT2D eigenvalue weighted by atomic mass is 16.3. The third kappa shape index (κ3) is 2.03. The smallest absolute Gasteiger partial charge is 0.0986 e. The first-order valence-corrected chi connectivity index (χ1v) is 6.55. The van der Waals surface area contributed by atoms with Crippen molar-refractivity contribution >= 4 is 6.08 Å². The number of nitrogens with zero attached hydrogens (tertiary/aromatic N) is 1. The first kappa shape index (κ1) is 11.0. The summed E-state index contributed by atoms with van der Waals surface area (Å²) in [4.78, 5) is 2.42. The summed E-state index contributed by atoms with van der Waals surface area (Å²) in [6.45, 7) is 2.24. The Bertz CT molecular complexity index is 421. The Kier molecular flexibility index (Phi) is 3.00. The number of likely N-dealkylation sites (tertiary alicyclic amines) is 1. The molecule has 2 atom stereocenters. The van der Waals surface area contributed by atoms with Gasteiger partial charge in [0.2, 0.25) is 0 Å². The first-order valence-electron chi connectivity index (χ1n) is 6.55. The summed E-state index contributed by atoms with van der Waals surface area (Å²) in [6, 6.07) is 8.32. The summed E-state index contributed by atoms with van der Waals surface area (Å²) in [5.41, 5.74) is 2.24. The minimum Gasteiger partial charge on any atom is -0.386 e. The van der Waals surface area contributed by atoms with Crippen molar-refractivity contribution in [1.29, 1.82) is 0 Å². The van der Waals surface area contributed by atoms with Gasteiger partial charge in [-0.3, -0.25) is 4.90 Å². The average Bonchev–Trinajstić information content (AvgIpc) is 2.40. The normalized spacial score (nSPS) is 29.0. The number of hydrogen-bond acceptors (Lipinski definition) is 2. The Morgan fingerprint density at radius 2 is 1.82 bits per heavy atom. The molecule has 2 nitrogen and oxygen atoms in total. The Morgan fingerprint density at radius 1 is 1.06 bits per heavy atom. The molecule has 0 saturated carbocycles. The lowest BCUT2D eigenvalue weighted by Crippen LogP contribution is -2.42. The second-order valence-electron chi connectivity index (χ2n) is 5.02. The molecular formula is C15H19NO. The summed E-state index contributed by atoms with van der Waals surface area (Å²) in [7, 11) is 0. The molecule has 1 heterocycles. The van der Waals surface area contributed by atoms with E-state index in [0.717, 1.165) is 24.2 Å². The molecule has 1 aromatic carbocycles. The molecule has 1 unspecified atom stereocenters. The monoisotopic (exact) mass is 229 g/mol. The van der Waals surface area contributed by atoms with Crippen LogP contribution in [0, 0.1) is 0 Å². The zero-order valence-corrected chi connectivity index (χ0v) is 10.0. The van der Waals surface area contributed by atoms with Crippen molar-refractivity contribution in [2.24, 2.45) is 0 Å². The van der Waals surface area contributed by atoms with Gasteiger partial charge in [0.05, 0.1) is 12.1 Å². The molecule has 0 spiro atoms. The Hall–Kier alpha value is -1.12. The van der Waals surface area contributed by atoms with Crippen molar-refractivity contribution in [2.45, 2.75) is 31.4 Å². The number of fused-ring (bicyclic) bond motifs is 1. The molecule has 1 fully saturated rings.